The van der Waals surface area contributed by atoms with E-state index in [4.69, 9.17) is 9.72 Å². The maximum atomic E-state index is 5.89. The summed E-state index contributed by atoms with van der Waals surface area (Å²) in [7, 11) is 0. The molecule has 3 rings (SSSR count). The molecule has 120 valence electrons. The van der Waals surface area contributed by atoms with Gasteiger partial charge in [0, 0.05) is 41.5 Å². The van der Waals surface area contributed by atoms with Crippen LogP contribution in [0.3, 0.4) is 0 Å². The molecule has 22 heavy (non-hydrogen) atoms. The summed E-state index contributed by atoms with van der Waals surface area (Å²) in [4.78, 5) is 11.8. The zero-order chi connectivity index (χ0) is 15.7. The maximum absolute atomic E-state index is 5.89. The number of thiazole rings is 2. The first-order valence-corrected chi connectivity index (χ1v) is 9.38. The van der Waals surface area contributed by atoms with Gasteiger partial charge >= 0.3 is 0 Å². The molecule has 0 unspecified atom stereocenters. The first-order chi connectivity index (χ1) is 10.4. The van der Waals surface area contributed by atoms with Gasteiger partial charge in [-0.2, -0.15) is 0 Å². The van der Waals surface area contributed by atoms with Gasteiger partial charge in [-0.05, 0) is 6.92 Å². The molecule has 4 nitrogen and oxygen atoms in total. The molecular weight excluding hydrogens is 314 g/mol. The fraction of sp³-hybridized carbons (Fsp3) is 0.625. The third-order valence-electron chi connectivity index (χ3n) is 3.64. The van der Waals surface area contributed by atoms with E-state index < -0.39 is 0 Å². The van der Waals surface area contributed by atoms with E-state index in [0.29, 0.717) is 0 Å². The second-order valence-corrected chi connectivity index (χ2v) is 8.56. The first-order valence-electron chi connectivity index (χ1n) is 7.62. The minimum atomic E-state index is 0.105. The Morgan fingerprint density at radius 2 is 2.09 bits per heavy atom. The number of aromatic nitrogens is 2. The number of hydrogen-bond donors (Lipinski definition) is 0. The zero-order valence-electron chi connectivity index (χ0n) is 13.6. The first kappa shape index (κ1) is 16.1. The van der Waals surface area contributed by atoms with E-state index in [0.717, 1.165) is 36.9 Å². The van der Waals surface area contributed by atoms with Crippen LogP contribution in [-0.4, -0.2) is 34.6 Å². The second-order valence-electron chi connectivity index (χ2n) is 6.82. The second kappa shape index (κ2) is 6.35. The molecular formula is C16H23N3OS2. The van der Waals surface area contributed by atoms with Crippen molar-refractivity contribution in [2.45, 2.75) is 45.8 Å². The van der Waals surface area contributed by atoms with Crippen LogP contribution in [-0.2, 0) is 16.7 Å². The quantitative estimate of drug-likeness (QED) is 0.854. The van der Waals surface area contributed by atoms with Crippen LogP contribution < -0.4 is 0 Å². The molecule has 2 aromatic heterocycles. The lowest BCUT2D eigenvalue weighted by atomic mass is 9.98. The summed E-state index contributed by atoms with van der Waals surface area (Å²) in [5, 5.41) is 6.59. The van der Waals surface area contributed by atoms with Gasteiger partial charge in [-0.1, -0.05) is 20.8 Å². The molecule has 2 aromatic rings. The van der Waals surface area contributed by atoms with Gasteiger partial charge in [0.2, 0.25) is 0 Å². The van der Waals surface area contributed by atoms with Crippen molar-refractivity contribution < 1.29 is 4.74 Å². The van der Waals surface area contributed by atoms with E-state index in [1.54, 1.807) is 22.7 Å². The molecule has 0 aromatic carbocycles. The van der Waals surface area contributed by atoms with Crippen LogP contribution >= 0.6 is 22.7 Å². The van der Waals surface area contributed by atoms with Crippen molar-refractivity contribution in [2.75, 3.05) is 19.7 Å². The van der Waals surface area contributed by atoms with E-state index in [1.807, 2.05) is 6.92 Å². The normalized spacial score (nSPS) is 20.5. The van der Waals surface area contributed by atoms with Crippen molar-refractivity contribution in [3.05, 3.63) is 32.2 Å². The Morgan fingerprint density at radius 1 is 1.27 bits per heavy atom. The van der Waals surface area contributed by atoms with E-state index in [2.05, 4.69) is 41.4 Å². The summed E-state index contributed by atoms with van der Waals surface area (Å²) in [5.74, 6) is 0. The lowest BCUT2D eigenvalue weighted by Crippen LogP contribution is -2.37. The predicted octanol–water partition coefficient (Wildman–Crippen LogP) is 3.78. The molecule has 1 aliphatic rings. The van der Waals surface area contributed by atoms with E-state index in [-0.39, 0.29) is 11.5 Å². The SMILES string of the molecule is Cc1csc([C@@H]2CN(Cc3csc(C(C)(C)C)n3)CCO2)n1. The molecule has 0 bridgehead atoms. The van der Waals surface area contributed by atoms with Gasteiger partial charge in [-0.25, -0.2) is 9.97 Å². The molecule has 0 aliphatic carbocycles. The van der Waals surface area contributed by atoms with Crippen molar-refractivity contribution in [1.82, 2.24) is 14.9 Å². The van der Waals surface area contributed by atoms with Crippen LogP contribution in [0.25, 0.3) is 0 Å². The third kappa shape index (κ3) is 3.74. The average Bonchev–Trinajstić information content (AvgIpc) is 3.08. The molecule has 1 aliphatic heterocycles. The number of rotatable bonds is 3. The molecule has 1 atom stereocenters. The van der Waals surface area contributed by atoms with Crippen LogP contribution in [0, 0.1) is 6.92 Å². The summed E-state index contributed by atoms with van der Waals surface area (Å²) >= 11 is 3.46. The van der Waals surface area contributed by atoms with E-state index in [9.17, 15) is 0 Å². The van der Waals surface area contributed by atoms with E-state index >= 15 is 0 Å². The predicted molar refractivity (Wildman–Crippen MR) is 91.6 cm³/mol. The molecule has 1 saturated heterocycles. The van der Waals surface area contributed by atoms with Gasteiger partial charge in [0.05, 0.1) is 17.3 Å². The summed E-state index contributed by atoms with van der Waals surface area (Å²) in [6.07, 6.45) is 0.105. The average molecular weight is 338 g/mol. The van der Waals surface area contributed by atoms with Crippen LogP contribution in [0.4, 0.5) is 0 Å². The summed E-state index contributed by atoms with van der Waals surface area (Å²) < 4.78 is 5.89. The van der Waals surface area contributed by atoms with Crippen LogP contribution in [0.1, 0.15) is 48.3 Å². The number of ether oxygens (including phenoxy) is 1. The van der Waals surface area contributed by atoms with Gasteiger partial charge < -0.3 is 4.74 Å². The summed E-state index contributed by atoms with van der Waals surface area (Å²) in [5.41, 5.74) is 2.38. The Labute approximate surface area is 140 Å². The lowest BCUT2D eigenvalue weighted by molar-refractivity contribution is -0.0333. The topological polar surface area (TPSA) is 38.2 Å². The Bertz CT molecular complexity index is 629. The highest BCUT2D eigenvalue weighted by Crippen LogP contribution is 2.28. The Hall–Kier alpha value is -0.820. The van der Waals surface area contributed by atoms with Gasteiger partial charge in [0.1, 0.15) is 11.1 Å². The summed E-state index contributed by atoms with van der Waals surface area (Å²) in [6.45, 7) is 12.2. The highest BCUT2D eigenvalue weighted by Gasteiger charge is 2.25. The molecule has 0 spiro atoms. The van der Waals surface area contributed by atoms with Crippen molar-refractivity contribution >= 4 is 22.7 Å². The molecule has 0 radical (unpaired) electrons. The number of nitrogens with zero attached hydrogens (tertiary/aromatic N) is 3. The van der Waals surface area contributed by atoms with Crippen molar-refractivity contribution in [3.8, 4) is 0 Å². The molecule has 0 amide bonds. The molecule has 0 N–H and O–H groups in total. The monoisotopic (exact) mass is 337 g/mol. The van der Waals surface area contributed by atoms with Gasteiger partial charge in [0.15, 0.2) is 0 Å². The Morgan fingerprint density at radius 3 is 2.73 bits per heavy atom. The molecule has 3 heterocycles. The van der Waals surface area contributed by atoms with Crippen molar-refractivity contribution in [3.63, 3.8) is 0 Å². The van der Waals surface area contributed by atoms with Crippen LogP contribution in [0.5, 0.6) is 0 Å². The highest BCUT2D eigenvalue weighted by atomic mass is 32.1. The Kier molecular flexibility index (Phi) is 4.64. The lowest BCUT2D eigenvalue weighted by Gasteiger charge is -2.31. The van der Waals surface area contributed by atoms with Gasteiger partial charge in [-0.15, -0.1) is 22.7 Å². The zero-order valence-corrected chi connectivity index (χ0v) is 15.3. The smallest absolute Gasteiger partial charge is 0.123 e. The number of hydrogen-bond acceptors (Lipinski definition) is 6. The van der Waals surface area contributed by atoms with Crippen molar-refractivity contribution in [1.29, 1.82) is 0 Å². The summed E-state index contributed by atoms with van der Waals surface area (Å²) in [6, 6.07) is 0. The largest absolute Gasteiger partial charge is 0.368 e. The molecule has 6 heteroatoms. The maximum Gasteiger partial charge on any atom is 0.123 e. The minimum absolute atomic E-state index is 0.105. The minimum Gasteiger partial charge on any atom is -0.368 e. The third-order valence-corrected chi connectivity index (χ3v) is 6.01. The molecule has 0 saturated carbocycles. The fourth-order valence-electron chi connectivity index (χ4n) is 2.47. The van der Waals surface area contributed by atoms with Gasteiger partial charge in [-0.3, -0.25) is 4.90 Å². The molecule has 1 fully saturated rings. The van der Waals surface area contributed by atoms with Crippen LogP contribution in [0.2, 0.25) is 0 Å². The van der Waals surface area contributed by atoms with Crippen molar-refractivity contribution in [2.24, 2.45) is 0 Å². The van der Waals surface area contributed by atoms with Crippen LogP contribution in [0.15, 0.2) is 10.8 Å². The van der Waals surface area contributed by atoms with E-state index in [1.165, 1.54) is 10.7 Å². The number of morpholine rings is 1. The highest BCUT2D eigenvalue weighted by molar-refractivity contribution is 7.10. The number of aryl methyl sites for hydroxylation is 1. The van der Waals surface area contributed by atoms with Gasteiger partial charge in [0.25, 0.3) is 0 Å². The standard InChI is InChI=1S/C16H23N3OS2/c1-11-9-21-14(17-11)13-8-19(5-6-20-13)7-12-10-22-15(18-12)16(2,3)4/h9-10,13H,5-8H2,1-4H3/t13-/m0/s1. The fourth-order valence-corrected chi connectivity index (χ4v) is 4.20. The Balaban J connectivity index is 1.64.